The van der Waals surface area contributed by atoms with E-state index in [-0.39, 0.29) is 11.8 Å². The van der Waals surface area contributed by atoms with E-state index in [2.05, 4.69) is 39.8 Å². The largest absolute Gasteiger partial charge is 0.321 e. The number of aromatic nitrogens is 1. The predicted octanol–water partition coefficient (Wildman–Crippen LogP) is 4.61. The highest BCUT2D eigenvalue weighted by Crippen LogP contribution is 2.50. The molecule has 158 valence electrons. The van der Waals surface area contributed by atoms with Gasteiger partial charge in [0.05, 0.1) is 17.7 Å². The molecule has 0 aliphatic heterocycles. The van der Waals surface area contributed by atoms with E-state index in [4.69, 9.17) is 5.73 Å². The Morgan fingerprint density at radius 2 is 1.90 bits per heavy atom. The highest BCUT2D eigenvalue weighted by molar-refractivity contribution is 5.99. The zero-order valence-corrected chi connectivity index (χ0v) is 17.6. The van der Waals surface area contributed by atoms with Gasteiger partial charge in [-0.3, -0.25) is 9.78 Å². The highest BCUT2D eigenvalue weighted by atomic mass is 16.2. The van der Waals surface area contributed by atoms with Crippen LogP contribution in [0.25, 0.3) is 10.8 Å². The average Bonchev–Trinajstić information content (AvgIpc) is 3.53. The van der Waals surface area contributed by atoms with Crippen molar-refractivity contribution < 1.29 is 4.79 Å². The molecule has 0 radical (unpaired) electrons. The third-order valence-corrected chi connectivity index (χ3v) is 6.94. The van der Waals surface area contributed by atoms with Crippen molar-refractivity contribution in [3.8, 4) is 0 Å². The molecule has 5 nitrogen and oxygen atoms in total. The summed E-state index contributed by atoms with van der Waals surface area (Å²) in [6, 6.07) is 16.5. The zero-order chi connectivity index (χ0) is 21.3. The van der Waals surface area contributed by atoms with E-state index < -0.39 is 5.54 Å². The smallest absolute Gasteiger partial charge is 0.245 e. The minimum absolute atomic E-state index is 0.128. The summed E-state index contributed by atoms with van der Waals surface area (Å²) in [5.41, 5.74) is 12.1. The fraction of sp³-hybridized carbons (Fsp3) is 0.346. The van der Waals surface area contributed by atoms with Gasteiger partial charge in [0.1, 0.15) is 0 Å². The van der Waals surface area contributed by atoms with Gasteiger partial charge in [0.25, 0.3) is 0 Å². The second-order valence-electron chi connectivity index (χ2n) is 8.93. The lowest BCUT2D eigenvalue weighted by molar-refractivity contribution is -0.122. The number of carbonyl (C=O) groups is 1. The maximum absolute atomic E-state index is 12.6. The first kappa shape index (κ1) is 19.9. The van der Waals surface area contributed by atoms with Crippen LogP contribution in [-0.4, -0.2) is 17.1 Å². The molecule has 2 aliphatic carbocycles. The molecule has 5 rings (SSSR count). The van der Waals surface area contributed by atoms with Gasteiger partial charge >= 0.3 is 0 Å². The number of hydrazone groups is 1. The van der Waals surface area contributed by atoms with E-state index in [9.17, 15) is 4.79 Å². The van der Waals surface area contributed by atoms with Gasteiger partial charge in [-0.05, 0) is 47.8 Å². The van der Waals surface area contributed by atoms with Gasteiger partial charge in [-0.1, -0.05) is 61.7 Å². The molecule has 2 unspecified atom stereocenters. The van der Waals surface area contributed by atoms with E-state index in [0.29, 0.717) is 12.3 Å². The average molecular weight is 413 g/mol. The van der Waals surface area contributed by atoms with Crippen molar-refractivity contribution in [1.82, 2.24) is 10.4 Å². The van der Waals surface area contributed by atoms with E-state index in [1.807, 2.05) is 30.5 Å². The van der Waals surface area contributed by atoms with Crippen LogP contribution in [0.4, 0.5) is 0 Å². The second kappa shape index (κ2) is 8.23. The number of amides is 1. The van der Waals surface area contributed by atoms with E-state index in [1.54, 1.807) is 12.4 Å². The Bertz CT molecular complexity index is 1110. The van der Waals surface area contributed by atoms with Crippen LogP contribution in [0.3, 0.4) is 0 Å². The second-order valence-corrected chi connectivity index (χ2v) is 8.93. The Kier molecular flexibility index (Phi) is 5.28. The van der Waals surface area contributed by atoms with Gasteiger partial charge in [-0.15, -0.1) is 0 Å². The number of benzene rings is 2. The summed E-state index contributed by atoms with van der Waals surface area (Å²) < 4.78 is 0. The van der Waals surface area contributed by atoms with Crippen LogP contribution in [0.15, 0.2) is 66.0 Å². The molecule has 0 bridgehead atoms. The summed E-state index contributed by atoms with van der Waals surface area (Å²) in [7, 11) is 0. The fourth-order valence-electron chi connectivity index (χ4n) is 4.93. The molecule has 1 amide bonds. The molecule has 5 heteroatoms. The molecule has 2 aliphatic rings. The SMILES string of the molecule is NC1(c2ccc(C3CCCCC3)cc2)CC1C(=O)N/N=C/c1cccc2cnccc12. The fourth-order valence-corrected chi connectivity index (χ4v) is 4.93. The third kappa shape index (κ3) is 3.98. The van der Waals surface area contributed by atoms with Gasteiger partial charge in [-0.25, -0.2) is 5.43 Å². The molecule has 1 aromatic heterocycles. The molecule has 2 fully saturated rings. The minimum Gasteiger partial charge on any atom is -0.321 e. The molecule has 0 spiro atoms. The summed E-state index contributed by atoms with van der Waals surface area (Å²) in [6.45, 7) is 0. The molecule has 2 aromatic carbocycles. The first-order valence-corrected chi connectivity index (χ1v) is 11.2. The Labute approximate surface area is 182 Å². The predicted molar refractivity (Wildman–Crippen MR) is 124 cm³/mol. The molecule has 31 heavy (non-hydrogen) atoms. The standard InChI is InChI=1S/C26H28N4O/c27-26(22-11-9-19(10-12-22)18-5-2-1-3-6-18)15-24(26)25(31)30-29-17-21-8-4-7-20-16-28-14-13-23(20)21/h4,7-14,16-18,24H,1-3,5-6,15,27H2,(H,30,31)/b29-17+. The lowest BCUT2D eigenvalue weighted by atomic mass is 9.83. The molecule has 1 heterocycles. The van der Waals surface area contributed by atoms with E-state index in [1.165, 1.54) is 37.7 Å². The molecule has 0 saturated heterocycles. The van der Waals surface area contributed by atoms with Crippen molar-refractivity contribution in [2.45, 2.75) is 50.0 Å². The molecular weight excluding hydrogens is 384 g/mol. The first-order valence-electron chi connectivity index (χ1n) is 11.2. The van der Waals surface area contributed by atoms with E-state index >= 15 is 0 Å². The van der Waals surface area contributed by atoms with Crippen molar-refractivity contribution in [3.05, 3.63) is 77.6 Å². The lowest BCUT2D eigenvalue weighted by Gasteiger charge is -2.22. The summed E-state index contributed by atoms with van der Waals surface area (Å²) in [6.07, 6.45) is 12.5. The Morgan fingerprint density at radius 3 is 2.71 bits per heavy atom. The Balaban J connectivity index is 1.22. The van der Waals surface area contributed by atoms with E-state index in [0.717, 1.165) is 21.9 Å². The zero-order valence-electron chi connectivity index (χ0n) is 17.6. The van der Waals surface area contributed by atoms with Crippen LogP contribution in [0, 0.1) is 5.92 Å². The molecule has 3 N–H and O–H groups in total. The number of fused-ring (bicyclic) bond motifs is 1. The van der Waals surface area contributed by atoms with Crippen LogP contribution < -0.4 is 11.2 Å². The molecule has 2 saturated carbocycles. The number of nitrogens with one attached hydrogen (secondary N) is 1. The number of nitrogens with two attached hydrogens (primary N) is 1. The molecule has 3 aromatic rings. The van der Waals surface area contributed by atoms with Crippen LogP contribution in [0.1, 0.15) is 61.1 Å². The summed E-state index contributed by atoms with van der Waals surface area (Å²) in [5.74, 6) is 0.299. The van der Waals surface area contributed by atoms with Crippen molar-refractivity contribution in [3.63, 3.8) is 0 Å². The minimum atomic E-state index is -0.587. The number of hydrogen-bond donors (Lipinski definition) is 2. The maximum Gasteiger partial charge on any atom is 0.245 e. The summed E-state index contributed by atoms with van der Waals surface area (Å²) in [5, 5.41) is 6.28. The number of pyridine rings is 1. The monoisotopic (exact) mass is 412 g/mol. The lowest BCUT2D eigenvalue weighted by Crippen LogP contribution is -2.30. The van der Waals surface area contributed by atoms with Crippen molar-refractivity contribution in [1.29, 1.82) is 0 Å². The highest BCUT2D eigenvalue weighted by Gasteiger charge is 2.56. The maximum atomic E-state index is 12.6. The Hall–Kier alpha value is -3.05. The normalized spacial score (nSPS) is 23.8. The number of hydrogen-bond acceptors (Lipinski definition) is 4. The van der Waals surface area contributed by atoms with Crippen LogP contribution >= 0.6 is 0 Å². The first-order chi connectivity index (χ1) is 15.1. The van der Waals surface area contributed by atoms with Gasteiger partial charge < -0.3 is 5.73 Å². The Morgan fingerprint density at radius 1 is 1.10 bits per heavy atom. The summed E-state index contributed by atoms with van der Waals surface area (Å²) in [4.78, 5) is 16.8. The van der Waals surface area contributed by atoms with Gasteiger partial charge in [0, 0.05) is 23.3 Å². The quantitative estimate of drug-likeness (QED) is 0.474. The molecular formula is C26H28N4O. The van der Waals surface area contributed by atoms with Crippen LogP contribution in [0.2, 0.25) is 0 Å². The van der Waals surface area contributed by atoms with Crippen LogP contribution in [0.5, 0.6) is 0 Å². The number of rotatable bonds is 5. The number of nitrogens with zero attached hydrogens (tertiary/aromatic N) is 2. The topological polar surface area (TPSA) is 80.4 Å². The van der Waals surface area contributed by atoms with Gasteiger partial charge in [-0.2, -0.15) is 5.10 Å². The van der Waals surface area contributed by atoms with Crippen LogP contribution in [-0.2, 0) is 10.3 Å². The van der Waals surface area contributed by atoms with Gasteiger partial charge in [0.15, 0.2) is 0 Å². The summed E-state index contributed by atoms with van der Waals surface area (Å²) >= 11 is 0. The third-order valence-electron chi connectivity index (χ3n) is 6.94. The van der Waals surface area contributed by atoms with Crippen molar-refractivity contribution in [2.75, 3.05) is 0 Å². The molecule has 2 atom stereocenters. The van der Waals surface area contributed by atoms with Gasteiger partial charge in [0.2, 0.25) is 5.91 Å². The number of carbonyl (C=O) groups excluding carboxylic acids is 1. The van der Waals surface area contributed by atoms with Crippen molar-refractivity contribution >= 4 is 22.9 Å². The van der Waals surface area contributed by atoms with Crippen molar-refractivity contribution in [2.24, 2.45) is 16.8 Å².